The van der Waals surface area contributed by atoms with Gasteiger partial charge in [0, 0.05) is 25.7 Å². The van der Waals surface area contributed by atoms with Gasteiger partial charge in [0.25, 0.3) is 0 Å². The Bertz CT molecular complexity index is 816. The summed E-state index contributed by atoms with van der Waals surface area (Å²) in [6.45, 7) is 8.04. The summed E-state index contributed by atoms with van der Waals surface area (Å²) in [7, 11) is -3.50. The summed E-state index contributed by atoms with van der Waals surface area (Å²) in [6, 6.07) is 6.76. The van der Waals surface area contributed by atoms with E-state index >= 15 is 0 Å². The molecule has 30 heavy (non-hydrogen) atoms. The van der Waals surface area contributed by atoms with Crippen LogP contribution in [0.3, 0.4) is 0 Å². The van der Waals surface area contributed by atoms with Crippen molar-refractivity contribution in [2.24, 2.45) is 16.6 Å². The molecule has 1 saturated heterocycles. The van der Waals surface area contributed by atoms with Crippen LogP contribution < -0.4 is 15.8 Å². The SMILES string of the molecule is CCOC(=O)N1CCC(NC(N)=NCc2ccc(S(=O)(=O)NCC(C)C)cc2)CC1. The highest BCUT2D eigenvalue weighted by Gasteiger charge is 2.23. The molecule has 1 fully saturated rings. The maximum atomic E-state index is 12.2. The van der Waals surface area contributed by atoms with Crippen LogP contribution in [-0.2, 0) is 21.3 Å². The van der Waals surface area contributed by atoms with Gasteiger partial charge < -0.3 is 20.7 Å². The van der Waals surface area contributed by atoms with Crippen molar-refractivity contribution in [1.82, 2.24) is 14.9 Å². The number of guanidine groups is 1. The molecule has 2 rings (SSSR count). The summed E-state index contributed by atoms with van der Waals surface area (Å²) in [5.74, 6) is 0.571. The summed E-state index contributed by atoms with van der Waals surface area (Å²) < 4.78 is 32.1. The maximum absolute atomic E-state index is 12.2. The lowest BCUT2D eigenvalue weighted by Crippen LogP contribution is -2.48. The molecular formula is C20H33N5O4S. The van der Waals surface area contributed by atoms with Crippen LogP contribution in [0.25, 0.3) is 0 Å². The molecule has 0 unspecified atom stereocenters. The Morgan fingerprint density at radius 2 is 1.90 bits per heavy atom. The molecule has 0 bridgehead atoms. The van der Waals surface area contributed by atoms with Gasteiger partial charge in [0.15, 0.2) is 5.96 Å². The molecule has 4 N–H and O–H groups in total. The summed E-state index contributed by atoms with van der Waals surface area (Å²) >= 11 is 0. The van der Waals surface area contributed by atoms with Crippen molar-refractivity contribution in [2.75, 3.05) is 26.2 Å². The summed E-state index contributed by atoms with van der Waals surface area (Å²) in [5, 5.41) is 3.19. The molecule has 0 aromatic heterocycles. The number of amides is 1. The highest BCUT2D eigenvalue weighted by atomic mass is 32.2. The zero-order valence-corrected chi connectivity index (χ0v) is 18.7. The van der Waals surface area contributed by atoms with Crippen molar-refractivity contribution in [3.63, 3.8) is 0 Å². The Balaban J connectivity index is 1.82. The highest BCUT2D eigenvalue weighted by Crippen LogP contribution is 2.13. The second-order valence-corrected chi connectivity index (χ2v) is 9.46. The minimum absolute atomic E-state index is 0.152. The first-order valence-corrected chi connectivity index (χ1v) is 11.8. The number of ether oxygens (including phenoxy) is 1. The Labute approximate surface area is 179 Å². The van der Waals surface area contributed by atoms with E-state index in [9.17, 15) is 13.2 Å². The van der Waals surface area contributed by atoms with Crippen molar-refractivity contribution in [3.05, 3.63) is 29.8 Å². The van der Waals surface area contributed by atoms with Crippen LogP contribution >= 0.6 is 0 Å². The standard InChI is InChI=1S/C20H33N5O4S/c1-4-29-20(26)25-11-9-17(10-12-25)24-19(21)22-14-16-5-7-18(8-6-16)30(27,28)23-13-15(2)3/h5-8,15,17,23H,4,9-14H2,1-3H3,(H3,21,22,24). The van der Waals surface area contributed by atoms with Crippen molar-refractivity contribution in [2.45, 2.75) is 51.1 Å². The number of carbonyl (C=O) groups excluding carboxylic acids is 1. The monoisotopic (exact) mass is 439 g/mol. The molecule has 0 atom stereocenters. The van der Waals surface area contributed by atoms with Gasteiger partial charge in [-0.15, -0.1) is 0 Å². The van der Waals surface area contributed by atoms with Crippen LogP contribution in [-0.4, -0.2) is 57.7 Å². The number of likely N-dealkylation sites (tertiary alicyclic amines) is 1. The highest BCUT2D eigenvalue weighted by molar-refractivity contribution is 7.89. The number of benzene rings is 1. The van der Waals surface area contributed by atoms with Gasteiger partial charge in [0.1, 0.15) is 0 Å². The minimum atomic E-state index is -3.50. The van der Waals surface area contributed by atoms with Crippen molar-refractivity contribution in [1.29, 1.82) is 0 Å². The molecule has 0 saturated carbocycles. The molecule has 168 valence electrons. The van der Waals surface area contributed by atoms with E-state index in [1.807, 2.05) is 13.8 Å². The molecule has 1 amide bonds. The first kappa shape index (κ1) is 23.9. The number of rotatable bonds is 8. The second kappa shape index (κ2) is 11.2. The number of carbonyl (C=O) groups is 1. The van der Waals surface area contributed by atoms with Gasteiger partial charge in [-0.1, -0.05) is 26.0 Å². The molecule has 9 nitrogen and oxygen atoms in total. The Kier molecular flexibility index (Phi) is 8.91. The van der Waals surface area contributed by atoms with Crippen molar-refractivity contribution >= 4 is 22.1 Å². The third kappa shape index (κ3) is 7.49. The van der Waals surface area contributed by atoms with Crippen LogP contribution in [0.2, 0.25) is 0 Å². The second-order valence-electron chi connectivity index (χ2n) is 7.70. The van der Waals surface area contributed by atoms with Gasteiger partial charge in [-0.3, -0.25) is 0 Å². The molecule has 1 aromatic carbocycles. The summed E-state index contributed by atoms with van der Waals surface area (Å²) in [4.78, 5) is 18.0. The molecule has 1 aromatic rings. The topological polar surface area (TPSA) is 126 Å². The average molecular weight is 440 g/mol. The van der Waals surface area contributed by atoms with Crippen LogP contribution in [0.4, 0.5) is 4.79 Å². The zero-order chi connectivity index (χ0) is 22.1. The maximum Gasteiger partial charge on any atom is 0.409 e. The third-order valence-electron chi connectivity index (χ3n) is 4.72. The van der Waals surface area contributed by atoms with E-state index in [4.69, 9.17) is 10.5 Å². The van der Waals surface area contributed by atoms with Crippen molar-refractivity contribution < 1.29 is 17.9 Å². The van der Waals surface area contributed by atoms with E-state index in [0.717, 1.165) is 18.4 Å². The van der Waals surface area contributed by atoms with Crippen LogP contribution in [0.5, 0.6) is 0 Å². The molecular weight excluding hydrogens is 406 g/mol. The lowest BCUT2D eigenvalue weighted by molar-refractivity contribution is 0.0963. The largest absolute Gasteiger partial charge is 0.450 e. The fourth-order valence-corrected chi connectivity index (χ4v) is 4.20. The molecule has 10 heteroatoms. The number of hydrogen-bond acceptors (Lipinski definition) is 5. The molecule has 0 radical (unpaired) electrons. The van der Waals surface area contributed by atoms with E-state index in [-0.39, 0.29) is 22.9 Å². The number of nitrogens with zero attached hydrogens (tertiary/aromatic N) is 2. The predicted molar refractivity (Wildman–Crippen MR) is 117 cm³/mol. The molecule has 1 heterocycles. The first-order chi connectivity index (χ1) is 14.2. The van der Waals surface area contributed by atoms with Gasteiger partial charge in [-0.05, 0) is 43.4 Å². The van der Waals surface area contributed by atoms with Crippen LogP contribution in [0, 0.1) is 5.92 Å². The normalized spacial score (nSPS) is 16.0. The van der Waals surface area contributed by atoms with E-state index in [2.05, 4.69) is 15.0 Å². The Morgan fingerprint density at radius 3 is 2.47 bits per heavy atom. The van der Waals surface area contributed by atoms with Gasteiger partial charge in [-0.2, -0.15) is 0 Å². The molecule has 1 aliphatic heterocycles. The Morgan fingerprint density at radius 1 is 1.27 bits per heavy atom. The van der Waals surface area contributed by atoms with E-state index in [1.54, 1.807) is 36.1 Å². The number of sulfonamides is 1. The quantitative estimate of drug-likeness (QED) is 0.418. The minimum Gasteiger partial charge on any atom is -0.450 e. The summed E-state index contributed by atoms with van der Waals surface area (Å²) in [6.07, 6.45) is 1.26. The number of nitrogens with one attached hydrogen (secondary N) is 2. The Hall–Kier alpha value is -2.33. The summed E-state index contributed by atoms with van der Waals surface area (Å²) in [5.41, 5.74) is 6.85. The number of piperidine rings is 1. The smallest absolute Gasteiger partial charge is 0.409 e. The van der Waals surface area contributed by atoms with Crippen LogP contribution in [0.15, 0.2) is 34.2 Å². The third-order valence-corrected chi connectivity index (χ3v) is 6.16. The van der Waals surface area contributed by atoms with Gasteiger partial charge in [0.2, 0.25) is 10.0 Å². The van der Waals surface area contributed by atoms with Crippen LogP contribution in [0.1, 0.15) is 39.2 Å². The first-order valence-electron chi connectivity index (χ1n) is 10.3. The van der Waals surface area contributed by atoms with Gasteiger partial charge in [-0.25, -0.2) is 22.9 Å². The zero-order valence-electron chi connectivity index (χ0n) is 17.9. The fraction of sp³-hybridized carbons (Fsp3) is 0.600. The number of aliphatic imine (C=N–C) groups is 1. The van der Waals surface area contributed by atoms with E-state index < -0.39 is 10.0 Å². The lowest BCUT2D eigenvalue weighted by atomic mass is 10.1. The fourth-order valence-electron chi connectivity index (χ4n) is 2.99. The van der Waals surface area contributed by atoms with Crippen molar-refractivity contribution in [3.8, 4) is 0 Å². The molecule has 0 spiro atoms. The molecule has 1 aliphatic rings. The van der Waals surface area contributed by atoms with Gasteiger partial charge >= 0.3 is 6.09 Å². The van der Waals surface area contributed by atoms with E-state index in [1.165, 1.54) is 0 Å². The number of hydrogen-bond donors (Lipinski definition) is 3. The molecule has 0 aliphatic carbocycles. The van der Waals surface area contributed by atoms with E-state index in [0.29, 0.717) is 38.7 Å². The van der Waals surface area contributed by atoms with Gasteiger partial charge in [0.05, 0.1) is 18.0 Å². The predicted octanol–water partition coefficient (Wildman–Crippen LogP) is 1.65. The lowest BCUT2D eigenvalue weighted by Gasteiger charge is -2.31. The number of nitrogens with two attached hydrogens (primary N) is 1. The average Bonchev–Trinajstić information content (AvgIpc) is 2.72.